The van der Waals surface area contributed by atoms with Crippen LogP contribution in [0, 0.1) is 12.8 Å². The van der Waals surface area contributed by atoms with Gasteiger partial charge < -0.3 is 5.32 Å². The summed E-state index contributed by atoms with van der Waals surface area (Å²) in [5.74, 6) is -1.14. The van der Waals surface area contributed by atoms with Gasteiger partial charge in [0.15, 0.2) is 0 Å². The molecular formula is C14H19F3N2S. The minimum Gasteiger partial charge on any atom is -0.303 e. The maximum atomic E-state index is 12.8. The first-order valence-electron chi connectivity index (χ1n) is 7.16. The second kappa shape index (κ2) is 4.98. The van der Waals surface area contributed by atoms with E-state index in [1.165, 1.54) is 0 Å². The highest BCUT2D eigenvalue weighted by Crippen LogP contribution is 2.47. The van der Waals surface area contributed by atoms with Crippen LogP contribution in [0.4, 0.5) is 13.2 Å². The average molecular weight is 304 g/mol. The molecule has 6 heteroatoms. The minimum absolute atomic E-state index is 0.210. The molecule has 3 rings (SSSR count). The number of aryl methyl sites for hydroxylation is 1. The first-order valence-corrected chi connectivity index (χ1v) is 8.04. The van der Waals surface area contributed by atoms with E-state index in [0.29, 0.717) is 18.9 Å². The maximum absolute atomic E-state index is 12.8. The lowest BCUT2D eigenvalue weighted by Crippen LogP contribution is -2.47. The lowest BCUT2D eigenvalue weighted by molar-refractivity contribution is -0.185. The Labute approximate surface area is 120 Å². The van der Waals surface area contributed by atoms with Gasteiger partial charge in [0.1, 0.15) is 5.01 Å². The molecular weight excluding hydrogens is 285 g/mol. The smallest absolute Gasteiger partial charge is 0.303 e. The monoisotopic (exact) mass is 304 g/mol. The topological polar surface area (TPSA) is 24.9 Å². The van der Waals surface area contributed by atoms with Gasteiger partial charge in [-0.25, -0.2) is 4.98 Å². The minimum atomic E-state index is -4.05. The van der Waals surface area contributed by atoms with Crippen LogP contribution >= 0.6 is 11.3 Å². The highest BCUT2D eigenvalue weighted by atomic mass is 32.1. The molecule has 0 aliphatic heterocycles. The fourth-order valence-corrected chi connectivity index (χ4v) is 4.07. The molecule has 0 saturated heterocycles. The molecule has 2 saturated carbocycles. The summed E-state index contributed by atoms with van der Waals surface area (Å²) in [6, 6.07) is 0.474. The highest BCUT2D eigenvalue weighted by molar-refractivity contribution is 7.09. The Balaban J connectivity index is 1.78. The summed E-state index contributed by atoms with van der Waals surface area (Å²) >= 11 is 1.58. The number of nitrogens with one attached hydrogen (secondary N) is 1. The van der Waals surface area contributed by atoms with Crippen LogP contribution in [0.1, 0.15) is 49.2 Å². The van der Waals surface area contributed by atoms with E-state index in [1.54, 1.807) is 11.3 Å². The summed E-state index contributed by atoms with van der Waals surface area (Å²) in [5, 5.41) is 6.55. The van der Waals surface area contributed by atoms with Crippen LogP contribution in [0.25, 0.3) is 0 Å². The van der Waals surface area contributed by atoms with Crippen LogP contribution in [0.15, 0.2) is 5.38 Å². The van der Waals surface area contributed by atoms with Crippen molar-refractivity contribution < 1.29 is 13.2 Å². The van der Waals surface area contributed by atoms with Gasteiger partial charge in [-0.3, -0.25) is 0 Å². The maximum Gasteiger partial charge on any atom is 0.391 e. The first kappa shape index (κ1) is 14.3. The Kier molecular flexibility index (Phi) is 3.57. The fraction of sp³-hybridized carbons (Fsp3) is 0.786. The summed E-state index contributed by atoms with van der Waals surface area (Å²) in [5.41, 5.74) is 0.641. The molecule has 2 fully saturated rings. The molecule has 2 aliphatic rings. The van der Waals surface area contributed by atoms with Crippen molar-refractivity contribution in [2.75, 3.05) is 0 Å². The van der Waals surface area contributed by atoms with Gasteiger partial charge in [-0.15, -0.1) is 11.3 Å². The standard InChI is InChI=1S/C14H19F3N2S/c1-9-8-20-12(18-9)13(19-11-2-3-11)6-4-10(5-7-13)14(15,16)17/h8,10-11,19H,2-7H2,1H3. The molecule has 0 atom stereocenters. The molecule has 1 aromatic rings. The van der Waals surface area contributed by atoms with Gasteiger partial charge in [0.25, 0.3) is 0 Å². The molecule has 1 aromatic heterocycles. The highest BCUT2D eigenvalue weighted by Gasteiger charge is 2.48. The number of hydrogen-bond donors (Lipinski definition) is 1. The Morgan fingerprint density at radius 2 is 1.90 bits per heavy atom. The zero-order valence-electron chi connectivity index (χ0n) is 11.5. The number of aromatic nitrogens is 1. The zero-order valence-corrected chi connectivity index (χ0v) is 12.3. The summed E-state index contributed by atoms with van der Waals surface area (Å²) in [6.45, 7) is 1.94. The molecule has 20 heavy (non-hydrogen) atoms. The van der Waals surface area contributed by atoms with Crippen molar-refractivity contribution in [2.24, 2.45) is 5.92 Å². The van der Waals surface area contributed by atoms with E-state index in [2.05, 4.69) is 10.3 Å². The van der Waals surface area contributed by atoms with Gasteiger partial charge in [0.2, 0.25) is 0 Å². The average Bonchev–Trinajstić information content (AvgIpc) is 3.07. The van der Waals surface area contributed by atoms with Crippen LogP contribution in [0.2, 0.25) is 0 Å². The third-order valence-electron chi connectivity index (χ3n) is 4.39. The molecule has 112 valence electrons. The zero-order chi connectivity index (χ0) is 14.4. The van der Waals surface area contributed by atoms with E-state index >= 15 is 0 Å². The normalized spacial score (nSPS) is 31.5. The second-order valence-electron chi connectivity index (χ2n) is 6.11. The number of halogens is 3. The lowest BCUT2D eigenvalue weighted by atomic mass is 9.76. The van der Waals surface area contributed by atoms with Crippen molar-refractivity contribution in [3.05, 3.63) is 16.1 Å². The summed E-state index contributed by atoms with van der Waals surface area (Å²) in [4.78, 5) is 4.55. The van der Waals surface area contributed by atoms with Crippen LogP contribution in [-0.2, 0) is 5.54 Å². The number of rotatable bonds is 3. The van der Waals surface area contributed by atoms with Crippen molar-refractivity contribution in [1.29, 1.82) is 0 Å². The Bertz CT molecular complexity index is 471. The van der Waals surface area contributed by atoms with Gasteiger partial charge in [0.05, 0.1) is 11.5 Å². The largest absolute Gasteiger partial charge is 0.391 e. The summed E-state index contributed by atoms with van der Waals surface area (Å²) < 4.78 is 38.5. The molecule has 0 radical (unpaired) electrons. The lowest BCUT2D eigenvalue weighted by Gasteiger charge is -2.40. The van der Waals surface area contributed by atoms with Crippen molar-refractivity contribution in [3.63, 3.8) is 0 Å². The third-order valence-corrected chi connectivity index (χ3v) is 5.55. The summed E-state index contributed by atoms with van der Waals surface area (Å²) in [6.07, 6.45) is -0.279. The van der Waals surface area contributed by atoms with E-state index in [1.807, 2.05) is 12.3 Å². The molecule has 0 aromatic carbocycles. The van der Waals surface area contributed by atoms with Crippen molar-refractivity contribution in [1.82, 2.24) is 10.3 Å². The predicted molar refractivity (Wildman–Crippen MR) is 72.7 cm³/mol. The van der Waals surface area contributed by atoms with Crippen molar-refractivity contribution >= 4 is 11.3 Å². The van der Waals surface area contributed by atoms with E-state index < -0.39 is 12.1 Å². The third kappa shape index (κ3) is 2.86. The molecule has 2 nitrogen and oxygen atoms in total. The number of hydrogen-bond acceptors (Lipinski definition) is 3. The molecule has 0 spiro atoms. The van der Waals surface area contributed by atoms with Crippen LogP contribution < -0.4 is 5.32 Å². The van der Waals surface area contributed by atoms with Crippen LogP contribution in [0.5, 0.6) is 0 Å². The van der Waals surface area contributed by atoms with E-state index in [9.17, 15) is 13.2 Å². The van der Waals surface area contributed by atoms with Gasteiger partial charge in [-0.05, 0) is 45.4 Å². The van der Waals surface area contributed by atoms with E-state index in [4.69, 9.17) is 0 Å². The Morgan fingerprint density at radius 3 is 2.35 bits per heavy atom. The molecule has 0 amide bonds. The number of thiazole rings is 1. The van der Waals surface area contributed by atoms with Gasteiger partial charge >= 0.3 is 6.18 Å². The number of alkyl halides is 3. The van der Waals surface area contributed by atoms with E-state index in [0.717, 1.165) is 23.5 Å². The van der Waals surface area contributed by atoms with Gasteiger partial charge in [-0.2, -0.15) is 13.2 Å². The molecule has 2 aliphatic carbocycles. The Hall–Kier alpha value is -0.620. The molecule has 1 heterocycles. The van der Waals surface area contributed by atoms with Crippen LogP contribution in [0.3, 0.4) is 0 Å². The fourth-order valence-electron chi connectivity index (χ4n) is 3.05. The van der Waals surface area contributed by atoms with Gasteiger partial charge in [-0.1, -0.05) is 0 Å². The predicted octanol–water partition coefficient (Wildman–Crippen LogP) is 4.15. The molecule has 0 bridgehead atoms. The molecule has 0 unspecified atom stereocenters. The van der Waals surface area contributed by atoms with Gasteiger partial charge in [0, 0.05) is 17.1 Å². The first-order chi connectivity index (χ1) is 9.39. The number of nitrogens with zero attached hydrogens (tertiary/aromatic N) is 1. The van der Waals surface area contributed by atoms with Crippen molar-refractivity contribution in [2.45, 2.75) is 63.2 Å². The SMILES string of the molecule is Cc1csc(C2(NC3CC3)CCC(C(F)(F)F)CC2)n1. The Morgan fingerprint density at radius 1 is 1.25 bits per heavy atom. The second-order valence-corrected chi connectivity index (χ2v) is 6.97. The van der Waals surface area contributed by atoms with Crippen molar-refractivity contribution in [3.8, 4) is 0 Å². The summed E-state index contributed by atoms with van der Waals surface area (Å²) in [7, 11) is 0. The van der Waals surface area contributed by atoms with Crippen LogP contribution in [-0.4, -0.2) is 17.2 Å². The quantitative estimate of drug-likeness (QED) is 0.907. The molecule has 1 N–H and O–H groups in total. The van der Waals surface area contributed by atoms with E-state index in [-0.39, 0.29) is 18.4 Å².